The molecule has 1 aromatic heterocycles. The molecule has 1 aliphatic carbocycles. The number of amides is 2. The third-order valence-corrected chi connectivity index (χ3v) is 6.65. The highest BCUT2D eigenvalue weighted by Gasteiger charge is 2.39. The van der Waals surface area contributed by atoms with E-state index in [1.54, 1.807) is 19.3 Å². The van der Waals surface area contributed by atoms with Gasteiger partial charge in [-0.25, -0.2) is 0 Å². The van der Waals surface area contributed by atoms with Crippen LogP contribution in [0.15, 0.2) is 65.3 Å². The molecule has 0 bridgehead atoms. The minimum atomic E-state index is -0.668. The lowest BCUT2D eigenvalue weighted by Crippen LogP contribution is -2.41. The number of hydrogen-bond donors (Lipinski definition) is 1. The average Bonchev–Trinajstić information content (AvgIpc) is 3.57. The fourth-order valence-corrected chi connectivity index (χ4v) is 4.57. The third kappa shape index (κ3) is 4.72. The lowest BCUT2D eigenvalue weighted by Gasteiger charge is -2.38. The van der Waals surface area contributed by atoms with Gasteiger partial charge in [0.1, 0.15) is 11.5 Å². The number of furan rings is 1. The highest BCUT2D eigenvalue weighted by Crippen LogP contribution is 2.41. The molecule has 2 aliphatic rings. The van der Waals surface area contributed by atoms with E-state index >= 15 is 0 Å². The Morgan fingerprint density at radius 2 is 1.94 bits per heavy atom. The average molecular weight is 459 g/mol. The summed E-state index contributed by atoms with van der Waals surface area (Å²) in [5.74, 6) is 1.50. The molecule has 6 heteroatoms. The van der Waals surface area contributed by atoms with Crippen molar-refractivity contribution in [2.45, 2.75) is 51.8 Å². The number of hydrogen-bond acceptors (Lipinski definition) is 4. The van der Waals surface area contributed by atoms with Gasteiger partial charge in [0, 0.05) is 12.5 Å². The molecule has 1 fully saturated rings. The van der Waals surface area contributed by atoms with Crippen molar-refractivity contribution in [1.82, 2.24) is 10.2 Å². The van der Waals surface area contributed by atoms with Crippen molar-refractivity contribution in [2.24, 2.45) is 5.92 Å². The second kappa shape index (κ2) is 9.37. The van der Waals surface area contributed by atoms with E-state index in [-0.39, 0.29) is 23.8 Å². The standard InChI is InChI=1S/C28H30N2O4/c1-18-5-7-21(8-6-18)26-25-16-23(34-19(2)27(31)29-17-24-4-3-15-33-24)12-11-20(25)13-14-30(26)28(32)22-9-10-22/h3-8,11-12,15-16,19,22,26H,9-10,13-14,17H2,1-2H3,(H,29,31). The molecule has 2 aromatic carbocycles. The number of aryl methyl sites for hydroxylation is 1. The zero-order chi connectivity index (χ0) is 23.7. The molecule has 3 aromatic rings. The lowest BCUT2D eigenvalue weighted by molar-refractivity contribution is -0.134. The van der Waals surface area contributed by atoms with Crippen LogP contribution >= 0.6 is 0 Å². The van der Waals surface area contributed by atoms with Gasteiger partial charge < -0.3 is 19.4 Å². The molecule has 1 N–H and O–H groups in total. The zero-order valence-corrected chi connectivity index (χ0v) is 19.6. The van der Waals surface area contributed by atoms with Crippen LogP contribution in [-0.4, -0.2) is 29.4 Å². The van der Waals surface area contributed by atoms with Crippen molar-refractivity contribution >= 4 is 11.8 Å². The smallest absolute Gasteiger partial charge is 0.261 e. The number of rotatable bonds is 7. The molecule has 5 rings (SSSR count). The van der Waals surface area contributed by atoms with Gasteiger partial charge >= 0.3 is 0 Å². The molecule has 6 nitrogen and oxygen atoms in total. The van der Waals surface area contributed by atoms with Gasteiger partial charge in [-0.15, -0.1) is 0 Å². The number of fused-ring (bicyclic) bond motifs is 1. The number of carbonyl (C=O) groups is 2. The summed E-state index contributed by atoms with van der Waals surface area (Å²) in [5, 5.41) is 2.84. The van der Waals surface area contributed by atoms with Gasteiger partial charge in [-0.1, -0.05) is 35.9 Å². The summed E-state index contributed by atoms with van der Waals surface area (Å²) in [4.78, 5) is 27.8. The lowest BCUT2D eigenvalue weighted by atomic mass is 9.87. The van der Waals surface area contributed by atoms with Crippen LogP contribution in [0.3, 0.4) is 0 Å². The van der Waals surface area contributed by atoms with Crippen molar-refractivity contribution in [3.63, 3.8) is 0 Å². The van der Waals surface area contributed by atoms with E-state index in [4.69, 9.17) is 9.15 Å². The highest BCUT2D eigenvalue weighted by molar-refractivity contribution is 5.82. The van der Waals surface area contributed by atoms with Crippen LogP contribution in [0.25, 0.3) is 0 Å². The van der Waals surface area contributed by atoms with Gasteiger partial charge in [0.25, 0.3) is 5.91 Å². The van der Waals surface area contributed by atoms with Crippen LogP contribution in [0.5, 0.6) is 5.75 Å². The second-order valence-corrected chi connectivity index (χ2v) is 9.29. The van der Waals surface area contributed by atoms with Crippen LogP contribution in [-0.2, 0) is 22.6 Å². The van der Waals surface area contributed by atoms with Crippen molar-refractivity contribution in [3.05, 3.63) is 88.9 Å². The van der Waals surface area contributed by atoms with E-state index in [1.807, 2.05) is 23.1 Å². The molecule has 0 saturated heterocycles. The van der Waals surface area contributed by atoms with Gasteiger partial charge in [0.05, 0.1) is 18.8 Å². The molecule has 176 valence electrons. The maximum atomic E-state index is 13.2. The Kier molecular flexibility index (Phi) is 6.14. The van der Waals surface area contributed by atoms with Gasteiger partial charge in [-0.05, 0) is 74.1 Å². The van der Waals surface area contributed by atoms with E-state index < -0.39 is 6.10 Å². The summed E-state index contributed by atoms with van der Waals surface area (Å²) in [7, 11) is 0. The fraction of sp³-hybridized carbons (Fsp3) is 0.357. The topological polar surface area (TPSA) is 71.8 Å². The number of nitrogens with zero attached hydrogens (tertiary/aromatic N) is 1. The van der Waals surface area contributed by atoms with E-state index in [1.165, 1.54) is 11.1 Å². The molecule has 0 radical (unpaired) electrons. The molecule has 2 atom stereocenters. The number of ether oxygens (including phenoxy) is 1. The Hall–Kier alpha value is -3.54. The van der Waals surface area contributed by atoms with Crippen molar-refractivity contribution in [1.29, 1.82) is 0 Å². The molecule has 2 amide bonds. The van der Waals surface area contributed by atoms with E-state index in [0.29, 0.717) is 24.6 Å². The first-order valence-corrected chi connectivity index (χ1v) is 12.0. The zero-order valence-electron chi connectivity index (χ0n) is 19.6. The number of benzene rings is 2. The van der Waals surface area contributed by atoms with Crippen LogP contribution < -0.4 is 10.1 Å². The number of carbonyl (C=O) groups excluding carboxylic acids is 2. The first kappa shape index (κ1) is 22.3. The largest absolute Gasteiger partial charge is 0.481 e. The Morgan fingerprint density at radius 3 is 2.65 bits per heavy atom. The molecule has 2 unspecified atom stereocenters. The molecule has 1 saturated carbocycles. The maximum absolute atomic E-state index is 13.2. The minimum absolute atomic E-state index is 0.149. The quantitative estimate of drug-likeness (QED) is 0.564. The minimum Gasteiger partial charge on any atom is -0.481 e. The predicted molar refractivity (Wildman–Crippen MR) is 128 cm³/mol. The van der Waals surface area contributed by atoms with E-state index in [2.05, 4.69) is 42.6 Å². The van der Waals surface area contributed by atoms with Crippen LogP contribution in [0, 0.1) is 12.8 Å². The highest BCUT2D eigenvalue weighted by atomic mass is 16.5. The Labute approximate surface area is 199 Å². The van der Waals surface area contributed by atoms with Crippen LogP contribution in [0.2, 0.25) is 0 Å². The Bertz CT molecular complexity index is 1170. The first-order valence-electron chi connectivity index (χ1n) is 12.0. The molecule has 0 spiro atoms. The summed E-state index contributed by atoms with van der Waals surface area (Å²) in [5.41, 5.74) is 4.57. The van der Waals surface area contributed by atoms with Crippen molar-refractivity contribution in [3.8, 4) is 5.75 Å². The Morgan fingerprint density at radius 1 is 1.15 bits per heavy atom. The van der Waals surface area contributed by atoms with Crippen LogP contribution in [0.1, 0.15) is 53.8 Å². The first-order chi connectivity index (χ1) is 16.5. The van der Waals surface area contributed by atoms with Crippen LogP contribution in [0.4, 0.5) is 0 Å². The van der Waals surface area contributed by atoms with E-state index in [9.17, 15) is 9.59 Å². The summed E-state index contributed by atoms with van der Waals surface area (Å²) in [6.45, 7) is 4.83. The summed E-state index contributed by atoms with van der Waals surface area (Å²) >= 11 is 0. The normalized spacial score (nSPS) is 18.2. The Balaban J connectivity index is 1.38. The monoisotopic (exact) mass is 458 g/mol. The predicted octanol–water partition coefficient (Wildman–Crippen LogP) is 4.56. The summed E-state index contributed by atoms with van der Waals surface area (Å²) in [6.07, 6.45) is 3.69. The molecular weight excluding hydrogens is 428 g/mol. The van der Waals surface area contributed by atoms with E-state index in [0.717, 1.165) is 30.4 Å². The SMILES string of the molecule is Cc1ccc(C2c3cc(OC(C)C(=O)NCc4ccco4)ccc3CCN2C(=O)C2CC2)cc1. The fourth-order valence-electron chi connectivity index (χ4n) is 4.57. The molecule has 2 heterocycles. The van der Waals surface area contributed by atoms with Gasteiger partial charge in [-0.2, -0.15) is 0 Å². The van der Waals surface area contributed by atoms with Gasteiger partial charge in [-0.3, -0.25) is 9.59 Å². The molecule has 1 aliphatic heterocycles. The van der Waals surface area contributed by atoms with Gasteiger partial charge in [0.2, 0.25) is 5.91 Å². The number of nitrogens with one attached hydrogen (secondary N) is 1. The second-order valence-electron chi connectivity index (χ2n) is 9.29. The maximum Gasteiger partial charge on any atom is 0.261 e. The summed E-state index contributed by atoms with van der Waals surface area (Å²) in [6, 6.07) is 17.8. The van der Waals surface area contributed by atoms with Crippen molar-refractivity contribution in [2.75, 3.05) is 6.54 Å². The molecule has 34 heavy (non-hydrogen) atoms. The van der Waals surface area contributed by atoms with Gasteiger partial charge in [0.15, 0.2) is 6.10 Å². The third-order valence-electron chi connectivity index (χ3n) is 6.65. The van der Waals surface area contributed by atoms with Crippen molar-refractivity contribution < 1.29 is 18.7 Å². The molecular formula is C28H30N2O4. The summed E-state index contributed by atoms with van der Waals surface area (Å²) < 4.78 is 11.3.